The van der Waals surface area contributed by atoms with Crippen LogP contribution in [0.4, 0.5) is 5.69 Å². The molecule has 5 heteroatoms. The average molecular weight is 375 g/mol. The summed E-state index contributed by atoms with van der Waals surface area (Å²) in [7, 11) is 0. The molecule has 1 aliphatic rings. The molecule has 1 heterocycles. The number of anilines is 1. The lowest BCUT2D eigenvalue weighted by Gasteiger charge is -2.13. The molecule has 0 aliphatic carbocycles. The zero-order valence-electron chi connectivity index (χ0n) is 14.6. The number of hydrogen-bond donors (Lipinski definition) is 3. The van der Waals surface area contributed by atoms with Crippen LogP contribution in [0.1, 0.15) is 29.5 Å². The average Bonchev–Trinajstić information content (AvgIpc) is 3.11. The Balaban J connectivity index is 1.47. The van der Waals surface area contributed by atoms with Crippen molar-refractivity contribution in [2.75, 3.05) is 18.4 Å². The lowest BCUT2D eigenvalue weighted by molar-refractivity contribution is -0.901. The number of quaternary nitrogens is 1. The number of likely N-dealkylation sites (tertiary alicyclic amines) is 1. The molecule has 25 heavy (non-hydrogen) atoms. The van der Waals surface area contributed by atoms with Gasteiger partial charge in [-0.15, -0.1) is 0 Å². The van der Waals surface area contributed by atoms with Crippen LogP contribution in [-0.4, -0.2) is 18.2 Å². The molecule has 3 rings (SSSR count). The summed E-state index contributed by atoms with van der Waals surface area (Å²) in [6.07, 6.45) is 2.74. The van der Waals surface area contributed by atoms with E-state index in [4.69, 9.17) is 23.8 Å². The van der Waals surface area contributed by atoms with E-state index < -0.39 is 0 Å². The number of benzene rings is 2. The summed E-state index contributed by atoms with van der Waals surface area (Å²) in [5.41, 5.74) is 4.60. The van der Waals surface area contributed by atoms with Crippen LogP contribution in [0.3, 0.4) is 0 Å². The van der Waals surface area contributed by atoms with E-state index in [1.165, 1.54) is 37.1 Å². The summed E-state index contributed by atoms with van der Waals surface area (Å²) >= 11 is 11.5. The molecule has 0 aromatic heterocycles. The monoisotopic (exact) mass is 374 g/mol. The predicted octanol–water partition coefficient (Wildman–Crippen LogP) is 3.31. The first-order valence-corrected chi connectivity index (χ1v) is 9.61. The van der Waals surface area contributed by atoms with E-state index in [1.54, 1.807) is 4.90 Å². The second-order valence-corrected chi connectivity index (χ2v) is 7.54. The SMILES string of the molecule is Cc1ccc(NC(=S)NCc2ccc(C[NH+]3CCCC3)cc2)cc1Cl. The second kappa shape index (κ2) is 8.65. The topological polar surface area (TPSA) is 28.5 Å². The Morgan fingerprint density at radius 3 is 2.44 bits per heavy atom. The quantitative estimate of drug-likeness (QED) is 0.701. The number of hydrogen-bond acceptors (Lipinski definition) is 1. The van der Waals surface area contributed by atoms with E-state index in [2.05, 4.69) is 34.9 Å². The smallest absolute Gasteiger partial charge is 0.171 e. The zero-order chi connectivity index (χ0) is 17.6. The summed E-state index contributed by atoms with van der Waals surface area (Å²) in [5.74, 6) is 0. The van der Waals surface area contributed by atoms with Crippen LogP contribution in [0.5, 0.6) is 0 Å². The molecule has 3 nitrogen and oxygen atoms in total. The van der Waals surface area contributed by atoms with Crippen molar-refractivity contribution < 1.29 is 4.90 Å². The first-order chi connectivity index (χ1) is 12.1. The lowest BCUT2D eigenvalue weighted by Crippen LogP contribution is -3.08. The number of nitrogens with one attached hydrogen (secondary N) is 3. The molecular formula is C20H25ClN3S+. The van der Waals surface area contributed by atoms with Gasteiger partial charge in [-0.1, -0.05) is 41.9 Å². The van der Waals surface area contributed by atoms with Gasteiger partial charge in [0.2, 0.25) is 0 Å². The molecule has 1 fully saturated rings. The Bertz CT molecular complexity index is 724. The minimum atomic E-state index is 0.602. The van der Waals surface area contributed by atoms with Gasteiger partial charge in [-0.3, -0.25) is 0 Å². The second-order valence-electron chi connectivity index (χ2n) is 6.72. The summed E-state index contributed by atoms with van der Waals surface area (Å²) in [6.45, 7) is 6.46. The minimum absolute atomic E-state index is 0.602. The molecule has 0 radical (unpaired) electrons. The summed E-state index contributed by atoms with van der Waals surface area (Å²) in [4.78, 5) is 1.70. The maximum Gasteiger partial charge on any atom is 0.171 e. The molecule has 2 aromatic rings. The molecule has 132 valence electrons. The first-order valence-electron chi connectivity index (χ1n) is 8.82. The maximum atomic E-state index is 6.14. The molecule has 3 N–H and O–H groups in total. The Hall–Kier alpha value is -1.62. The van der Waals surface area contributed by atoms with Gasteiger partial charge >= 0.3 is 0 Å². The highest BCUT2D eigenvalue weighted by Crippen LogP contribution is 2.19. The third-order valence-electron chi connectivity index (χ3n) is 4.67. The minimum Gasteiger partial charge on any atom is -0.358 e. The summed E-state index contributed by atoms with van der Waals surface area (Å²) < 4.78 is 0. The Morgan fingerprint density at radius 2 is 1.76 bits per heavy atom. The molecule has 2 aromatic carbocycles. The van der Waals surface area contributed by atoms with Gasteiger partial charge in [-0.05, 0) is 42.4 Å². The van der Waals surface area contributed by atoms with Crippen LogP contribution in [0, 0.1) is 6.92 Å². The van der Waals surface area contributed by atoms with Crippen molar-refractivity contribution in [2.45, 2.75) is 32.9 Å². The van der Waals surface area contributed by atoms with Gasteiger partial charge in [-0.25, -0.2) is 0 Å². The fourth-order valence-corrected chi connectivity index (χ4v) is 3.51. The van der Waals surface area contributed by atoms with Gasteiger partial charge in [0.15, 0.2) is 5.11 Å². The van der Waals surface area contributed by atoms with Gasteiger partial charge in [-0.2, -0.15) is 0 Å². The standard InChI is InChI=1S/C20H24ClN3S/c1-15-4-9-18(12-19(15)21)23-20(25)22-13-16-5-7-17(8-6-16)14-24-10-2-3-11-24/h4-9,12H,2-3,10-11,13-14H2,1H3,(H2,22,23,25)/p+1. The molecule has 0 unspecified atom stereocenters. The third-order valence-corrected chi connectivity index (χ3v) is 5.32. The van der Waals surface area contributed by atoms with Gasteiger partial charge in [0.1, 0.15) is 6.54 Å². The molecule has 0 spiro atoms. The lowest BCUT2D eigenvalue weighted by atomic mass is 10.1. The van der Waals surface area contributed by atoms with Crippen LogP contribution in [0.15, 0.2) is 42.5 Å². The Morgan fingerprint density at radius 1 is 1.08 bits per heavy atom. The highest BCUT2D eigenvalue weighted by atomic mass is 35.5. The van der Waals surface area contributed by atoms with Gasteiger partial charge in [0.25, 0.3) is 0 Å². The van der Waals surface area contributed by atoms with Crippen molar-refractivity contribution >= 4 is 34.6 Å². The van der Waals surface area contributed by atoms with Crippen molar-refractivity contribution in [3.8, 4) is 0 Å². The van der Waals surface area contributed by atoms with E-state index in [9.17, 15) is 0 Å². The number of aryl methyl sites for hydroxylation is 1. The van der Waals surface area contributed by atoms with Crippen LogP contribution >= 0.6 is 23.8 Å². The van der Waals surface area contributed by atoms with Gasteiger partial charge in [0.05, 0.1) is 13.1 Å². The third kappa shape index (κ3) is 5.43. The molecule has 0 saturated carbocycles. The summed E-state index contributed by atoms with van der Waals surface area (Å²) in [5, 5.41) is 7.76. The maximum absolute atomic E-state index is 6.14. The molecule has 1 aliphatic heterocycles. The normalized spacial score (nSPS) is 14.5. The van der Waals surface area contributed by atoms with Crippen LogP contribution in [0.25, 0.3) is 0 Å². The number of thiocarbonyl (C=S) groups is 1. The highest BCUT2D eigenvalue weighted by molar-refractivity contribution is 7.80. The van der Waals surface area contributed by atoms with Gasteiger partial charge in [0, 0.05) is 35.7 Å². The van der Waals surface area contributed by atoms with Crippen molar-refractivity contribution in [3.63, 3.8) is 0 Å². The van der Waals surface area contributed by atoms with Gasteiger partial charge < -0.3 is 15.5 Å². The van der Waals surface area contributed by atoms with E-state index in [1.807, 2.05) is 25.1 Å². The molecule has 1 saturated heterocycles. The van der Waals surface area contributed by atoms with Crippen LogP contribution in [0.2, 0.25) is 5.02 Å². The fourth-order valence-electron chi connectivity index (χ4n) is 3.14. The van der Waals surface area contributed by atoms with Crippen molar-refractivity contribution in [3.05, 3.63) is 64.2 Å². The van der Waals surface area contributed by atoms with Crippen LogP contribution < -0.4 is 15.5 Å². The molecule has 0 amide bonds. The van der Waals surface area contributed by atoms with Crippen LogP contribution in [-0.2, 0) is 13.1 Å². The van der Waals surface area contributed by atoms with E-state index >= 15 is 0 Å². The zero-order valence-corrected chi connectivity index (χ0v) is 16.1. The largest absolute Gasteiger partial charge is 0.358 e. The number of rotatable bonds is 5. The van der Waals surface area contributed by atoms with Crippen molar-refractivity contribution in [2.24, 2.45) is 0 Å². The summed E-state index contributed by atoms with van der Waals surface area (Å²) in [6, 6.07) is 14.7. The fraction of sp³-hybridized carbons (Fsp3) is 0.350. The highest BCUT2D eigenvalue weighted by Gasteiger charge is 2.15. The Labute approximate surface area is 160 Å². The Kier molecular flexibility index (Phi) is 6.29. The predicted molar refractivity (Wildman–Crippen MR) is 109 cm³/mol. The molecular weight excluding hydrogens is 350 g/mol. The first kappa shape index (κ1) is 18.2. The van der Waals surface area contributed by atoms with E-state index in [-0.39, 0.29) is 0 Å². The number of halogens is 1. The molecule has 0 bridgehead atoms. The molecule has 0 atom stereocenters. The van der Waals surface area contributed by atoms with Crippen molar-refractivity contribution in [1.82, 2.24) is 5.32 Å². The van der Waals surface area contributed by atoms with Crippen molar-refractivity contribution in [1.29, 1.82) is 0 Å². The van der Waals surface area contributed by atoms with E-state index in [0.717, 1.165) is 22.8 Å². The van der Waals surface area contributed by atoms with E-state index in [0.29, 0.717) is 11.7 Å².